The van der Waals surface area contributed by atoms with Crippen LogP contribution in [0.1, 0.15) is 38.8 Å². The van der Waals surface area contributed by atoms with Crippen LogP contribution in [0, 0.1) is 0 Å². The van der Waals surface area contributed by atoms with Crippen molar-refractivity contribution < 1.29 is 19.1 Å². The normalized spacial score (nSPS) is 11.3. The summed E-state index contributed by atoms with van der Waals surface area (Å²) in [6, 6.07) is 34.2. The van der Waals surface area contributed by atoms with E-state index in [1.54, 1.807) is 48.5 Å². The lowest BCUT2D eigenvalue weighted by Gasteiger charge is -2.15. The highest BCUT2D eigenvalue weighted by molar-refractivity contribution is 5.95. The molecule has 0 aromatic heterocycles. The monoisotopic (exact) mass is 522 g/mol. The molecule has 0 aliphatic rings. The van der Waals surface area contributed by atoms with Gasteiger partial charge in [-0.3, -0.25) is 9.59 Å². The maximum absolute atomic E-state index is 12.6. The van der Waals surface area contributed by atoms with Crippen molar-refractivity contribution in [3.05, 3.63) is 131 Å². The summed E-state index contributed by atoms with van der Waals surface area (Å²) < 4.78 is 11.6. The van der Waals surface area contributed by atoms with E-state index in [1.807, 2.05) is 43.3 Å². The largest absolute Gasteiger partial charge is 0.493 e. The molecule has 1 unspecified atom stereocenters. The summed E-state index contributed by atoms with van der Waals surface area (Å²) in [6.07, 6.45) is 1.64. The lowest BCUT2D eigenvalue weighted by atomic mass is 10.1. The highest BCUT2D eigenvalue weighted by Gasteiger charge is 2.12. The molecule has 200 valence electrons. The predicted octanol–water partition coefficient (Wildman–Crippen LogP) is 5.48. The molecule has 0 saturated carbocycles. The standard InChI is InChI=1S/C33H34N2O4/c1-25(35-33(37)29-14-18-31(19-15-29)39-23-21-27-10-6-3-7-11-27)24-34-32(36)28-12-16-30(17-13-28)38-22-20-26-8-4-2-5-9-26/h2-19,25H,20-24H2,1H3,(H,34,36)(H,35,37). The molecule has 0 radical (unpaired) electrons. The summed E-state index contributed by atoms with van der Waals surface area (Å²) in [5, 5.41) is 5.79. The first kappa shape index (κ1) is 27.5. The first-order valence-corrected chi connectivity index (χ1v) is 13.2. The third-order valence-corrected chi connectivity index (χ3v) is 6.18. The molecule has 4 rings (SSSR count). The highest BCUT2D eigenvalue weighted by Crippen LogP contribution is 2.14. The Bertz CT molecular complexity index is 1310. The second-order valence-electron chi connectivity index (χ2n) is 9.30. The number of carbonyl (C=O) groups excluding carboxylic acids is 2. The van der Waals surface area contributed by atoms with Crippen LogP contribution in [0.4, 0.5) is 0 Å². The Kier molecular flexibility index (Phi) is 10.1. The van der Waals surface area contributed by atoms with E-state index in [-0.39, 0.29) is 17.9 Å². The Morgan fingerprint density at radius 2 is 1.05 bits per heavy atom. The van der Waals surface area contributed by atoms with Crippen LogP contribution < -0.4 is 20.1 Å². The summed E-state index contributed by atoms with van der Waals surface area (Å²) >= 11 is 0. The molecule has 0 saturated heterocycles. The molecule has 0 bridgehead atoms. The summed E-state index contributed by atoms with van der Waals surface area (Å²) in [5.41, 5.74) is 3.50. The Hall–Kier alpha value is -4.58. The van der Waals surface area contributed by atoms with Crippen molar-refractivity contribution in [2.75, 3.05) is 19.8 Å². The van der Waals surface area contributed by atoms with Gasteiger partial charge in [-0.25, -0.2) is 0 Å². The van der Waals surface area contributed by atoms with Crippen LogP contribution in [-0.4, -0.2) is 37.6 Å². The Labute approximate surface area is 230 Å². The fourth-order valence-corrected chi connectivity index (χ4v) is 3.97. The summed E-state index contributed by atoms with van der Waals surface area (Å²) in [6.45, 7) is 3.29. The van der Waals surface area contributed by atoms with Crippen molar-refractivity contribution in [3.63, 3.8) is 0 Å². The topological polar surface area (TPSA) is 76.7 Å². The van der Waals surface area contributed by atoms with Crippen molar-refractivity contribution in [3.8, 4) is 11.5 Å². The molecule has 1 atom stereocenters. The van der Waals surface area contributed by atoms with E-state index in [9.17, 15) is 9.59 Å². The van der Waals surface area contributed by atoms with Crippen molar-refractivity contribution in [2.24, 2.45) is 0 Å². The third-order valence-electron chi connectivity index (χ3n) is 6.18. The number of benzene rings is 4. The zero-order valence-electron chi connectivity index (χ0n) is 22.1. The molecular weight excluding hydrogens is 488 g/mol. The van der Waals surface area contributed by atoms with E-state index < -0.39 is 0 Å². The van der Waals surface area contributed by atoms with Crippen molar-refractivity contribution >= 4 is 11.8 Å². The number of hydrogen-bond acceptors (Lipinski definition) is 4. The average Bonchev–Trinajstić information content (AvgIpc) is 2.98. The van der Waals surface area contributed by atoms with Crippen LogP contribution >= 0.6 is 0 Å². The third kappa shape index (κ3) is 9.04. The molecule has 6 heteroatoms. The molecule has 0 heterocycles. The molecule has 2 amide bonds. The average molecular weight is 523 g/mol. The summed E-state index contributed by atoms with van der Waals surface area (Å²) in [5.74, 6) is 1.03. The zero-order valence-corrected chi connectivity index (χ0v) is 22.1. The van der Waals surface area contributed by atoms with E-state index in [1.165, 1.54) is 11.1 Å². The van der Waals surface area contributed by atoms with Gasteiger partial charge < -0.3 is 20.1 Å². The van der Waals surface area contributed by atoms with Gasteiger partial charge in [0, 0.05) is 36.6 Å². The maximum Gasteiger partial charge on any atom is 0.251 e. The molecule has 0 fully saturated rings. The number of nitrogens with one attached hydrogen (secondary N) is 2. The number of amides is 2. The lowest BCUT2D eigenvalue weighted by molar-refractivity contribution is 0.0912. The molecular formula is C33H34N2O4. The van der Waals surface area contributed by atoms with Crippen molar-refractivity contribution in [2.45, 2.75) is 25.8 Å². The SMILES string of the molecule is CC(CNC(=O)c1ccc(OCCc2ccccc2)cc1)NC(=O)c1ccc(OCCc2ccccc2)cc1. The fourth-order valence-electron chi connectivity index (χ4n) is 3.97. The second-order valence-corrected chi connectivity index (χ2v) is 9.30. The number of ether oxygens (including phenoxy) is 2. The molecule has 0 aliphatic carbocycles. The van der Waals surface area contributed by atoms with Gasteiger partial charge in [-0.2, -0.15) is 0 Å². The van der Waals surface area contributed by atoms with Crippen LogP contribution in [0.3, 0.4) is 0 Å². The highest BCUT2D eigenvalue weighted by atomic mass is 16.5. The second kappa shape index (κ2) is 14.4. The van der Waals surface area contributed by atoms with Crippen LogP contribution in [0.15, 0.2) is 109 Å². The predicted molar refractivity (Wildman–Crippen MR) is 153 cm³/mol. The lowest BCUT2D eigenvalue weighted by Crippen LogP contribution is -2.41. The van der Waals surface area contributed by atoms with Crippen LogP contribution in [0.5, 0.6) is 11.5 Å². The minimum atomic E-state index is -0.246. The number of rotatable bonds is 13. The van der Waals surface area contributed by atoms with Crippen molar-refractivity contribution in [1.82, 2.24) is 10.6 Å². The molecule has 6 nitrogen and oxygen atoms in total. The van der Waals surface area contributed by atoms with Gasteiger partial charge in [0.05, 0.1) is 13.2 Å². The van der Waals surface area contributed by atoms with E-state index in [0.29, 0.717) is 30.9 Å². The Balaban J connectivity index is 1.15. The van der Waals surface area contributed by atoms with Gasteiger partial charge in [0.15, 0.2) is 0 Å². The van der Waals surface area contributed by atoms with E-state index in [0.717, 1.165) is 24.3 Å². The van der Waals surface area contributed by atoms with Gasteiger partial charge in [0.1, 0.15) is 11.5 Å². The van der Waals surface area contributed by atoms with Crippen LogP contribution in [-0.2, 0) is 12.8 Å². The first-order chi connectivity index (χ1) is 19.1. The van der Waals surface area contributed by atoms with Gasteiger partial charge in [-0.05, 0) is 66.6 Å². The summed E-state index contributed by atoms with van der Waals surface area (Å²) in [4.78, 5) is 25.2. The van der Waals surface area contributed by atoms with E-state index in [2.05, 4.69) is 34.9 Å². The molecule has 4 aromatic rings. The quantitative estimate of drug-likeness (QED) is 0.244. The molecule has 4 aromatic carbocycles. The first-order valence-electron chi connectivity index (χ1n) is 13.2. The summed E-state index contributed by atoms with van der Waals surface area (Å²) in [7, 11) is 0. The molecule has 0 spiro atoms. The van der Waals surface area contributed by atoms with Gasteiger partial charge in [-0.1, -0.05) is 60.7 Å². The van der Waals surface area contributed by atoms with Gasteiger partial charge in [0.25, 0.3) is 11.8 Å². The molecule has 39 heavy (non-hydrogen) atoms. The minimum Gasteiger partial charge on any atom is -0.493 e. The zero-order chi connectivity index (χ0) is 27.3. The van der Waals surface area contributed by atoms with E-state index >= 15 is 0 Å². The number of hydrogen-bond donors (Lipinski definition) is 2. The van der Waals surface area contributed by atoms with Crippen molar-refractivity contribution in [1.29, 1.82) is 0 Å². The maximum atomic E-state index is 12.6. The fraction of sp³-hybridized carbons (Fsp3) is 0.212. The van der Waals surface area contributed by atoms with Crippen LogP contribution in [0.2, 0.25) is 0 Å². The van der Waals surface area contributed by atoms with Gasteiger partial charge in [-0.15, -0.1) is 0 Å². The Morgan fingerprint density at radius 3 is 1.51 bits per heavy atom. The Morgan fingerprint density at radius 1 is 0.615 bits per heavy atom. The van der Waals surface area contributed by atoms with Crippen LogP contribution in [0.25, 0.3) is 0 Å². The van der Waals surface area contributed by atoms with Gasteiger partial charge in [0.2, 0.25) is 0 Å². The molecule has 2 N–H and O–H groups in total. The van der Waals surface area contributed by atoms with E-state index in [4.69, 9.17) is 9.47 Å². The minimum absolute atomic E-state index is 0.204. The number of carbonyl (C=O) groups is 2. The van der Waals surface area contributed by atoms with Gasteiger partial charge >= 0.3 is 0 Å². The molecule has 0 aliphatic heterocycles. The smallest absolute Gasteiger partial charge is 0.251 e.